The van der Waals surface area contributed by atoms with Gasteiger partial charge in [-0.3, -0.25) is 0 Å². The van der Waals surface area contributed by atoms with Crippen molar-refractivity contribution in [2.75, 3.05) is 9.80 Å². The molecule has 382 valence electrons. The number of para-hydroxylation sites is 4. The first kappa shape index (κ1) is 48.5. The van der Waals surface area contributed by atoms with Crippen LogP contribution in [-0.2, 0) is 0 Å². The van der Waals surface area contributed by atoms with E-state index in [2.05, 4.69) is 312 Å². The second-order valence-electron chi connectivity index (χ2n) is 20.2. The minimum absolute atomic E-state index is 0.691. The number of rotatable bonds is 13. The van der Waals surface area contributed by atoms with Crippen LogP contribution in [0.3, 0.4) is 0 Å². The van der Waals surface area contributed by atoms with Crippen LogP contribution in [0.4, 0.5) is 34.1 Å². The van der Waals surface area contributed by atoms with E-state index in [-0.39, 0.29) is 0 Å². The van der Waals surface area contributed by atoms with Gasteiger partial charge in [0.2, 0.25) is 0 Å². The number of aromatic nitrogens is 3. The minimum Gasteiger partial charge on any atom is -0.310 e. The van der Waals surface area contributed by atoms with Crippen molar-refractivity contribution in [1.29, 1.82) is 0 Å². The summed E-state index contributed by atoms with van der Waals surface area (Å²) in [6.07, 6.45) is 0. The van der Waals surface area contributed by atoms with Gasteiger partial charge < -0.3 is 14.4 Å². The van der Waals surface area contributed by atoms with E-state index < -0.39 is 0 Å². The lowest BCUT2D eigenvalue weighted by molar-refractivity contribution is 1.18. The van der Waals surface area contributed by atoms with E-state index in [0.717, 1.165) is 123 Å². The Morgan fingerprint density at radius 1 is 0.247 bits per heavy atom. The number of hydrogen-bond donors (Lipinski definition) is 0. The van der Waals surface area contributed by atoms with Gasteiger partial charge in [0.25, 0.3) is 0 Å². The molecule has 0 aliphatic heterocycles. The van der Waals surface area contributed by atoms with Gasteiger partial charge in [-0.15, -0.1) is 0 Å². The Bertz CT molecular complexity index is 4120. The summed E-state index contributed by atoms with van der Waals surface area (Å²) in [5, 5.41) is 2.28. The average Bonchev–Trinajstić information content (AvgIpc) is 3.97. The second-order valence-corrected chi connectivity index (χ2v) is 20.2. The molecule has 0 aliphatic carbocycles. The van der Waals surface area contributed by atoms with E-state index in [1.165, 1.54) is 0 Å². The van der Waals surface area contributed by atoms with Gasteiger partial charge in [-0.1, -0.05) is 218 Å². The molecule has 0 atom stereocenters. The van der Waals surface area contributed by atoms with Crippen LogP contribution in [0.1, 0.15) is 0 Å². The Balaban J connectivity index is 0.991. The molecule has 2 heterocycles. The number of hydrogen-bond acceptors (Lipinski definition) is 4. The zero-order valence-corrected chi connectivity index (χ0v) is 44.3. The van der Waals surface area contributed by atoms with Crippen molar-refractivity contribution in [3.8, 4) is 73.0 Å². The fourth-order valence-electron chi connectivity index (χ4n) is 11.4. The van der Waals surface area contributed by atoms with Crippen LogP contribution in [0.25, 0.3) is 94.8 Å². The fraction of sp³-hybridized carbons (Fsp3) is 0. The maximum atomic E-state index is 5.19. The maximum Gasteiger partial charge on any atom is 0.160 e. The van der Waals surface area contributed by atoms with Crippen molar-refractivity contribution in [2.24, 2.45) is 0 Å². The highest BCUT2D eigenvalue weighted by Crippen LogP contribution is 2.47. The molecule has 0 N–H and O–H groups in total. The van der Waals surface area contributed by atoms with Crippen molar-refractivity contribution in [1.82, 2.24) is 14.5 Å². The Kier molecular flexibility index (Phi) is 12.9. The Hall–Kier alpha value is -10.9. The van der Waals surface area contributed by atoms with Crippen LogP contribution in [-0.4, -0.2) is 14.5 Å². The van der Waals surface area contributed by atoms with Gasteiger partial charge in [-0.25, -0.2) is 9.97 Å². The van der Waals surface area contributed by atoms with Gasteiger partial charge in [0.15, 0.2) is 5.82 Å². The normalized spacial score (nSPS) is 11.2. The molecule has 0 saturated carbocycles. The van der Waals surface area contributed by atoms with E-state index in [0.29, 0.717) is 5.82 Å². The number of benzene rings is 12. The first-order valence-electron chi connectivity index (χ1n) is 27.5. The van der Waals surface area contributed by atoms with Crippen molar-refractivity contribution in [2.45, 2.75) is 0 Å². The van der Waals surface area contributed by atoms with Crippen molar-refractivity contribution in [3.63, 3.8) is 0 Å². The smallest absolute Gasteiger partial charge is 0.160 e. The monoisotopic (exact) mass is 1040 g/mol. The standard InChI is InChI=1S/C76H53N5/c1-9-25-54(26-10-1)67-51-66(52-68(55-27-11-2-12-28-55)75(67)58-43-41-57(42-44-58)72-53-71(56-29-13-3-14-30-56)77-76(78-72)59-31-15-4-16-32-59)81-73-47-45-64(79(60-33-17-5-18-34-60)61-35-19-6-20-36-61)49-69(73)70-50-65(46-48-74(70)81)80(62-37-21-7-22-38-62)63-39-23-8-24-40-63/h1-53H. The van der Waals surface area contributed by atoms with Gasteiger partial charge in [0.05, 0.1) is 22.4 Å². The molecule has 5 nitrogen and oxygen atoms in total. The SMILES string of the molecule is c1ccc(-c2cc(-c3ccc(-c4c(-c5ccccc5)cc(-n5c6ccc(N(c7ccccc7)c7ccccc7)cc6c6cc(N(c7ccccc7)c7ccccc7)ccc65)cc4-c4ccccc4)cc3)nc(-c3ccccc3)n2)cc1. The zero-order valence-electron chi connectivity index (χ0n) is 44.3. The quantitative estimate of drug-likeness (QED) is 0.115. The molecule has 0 spiro atoms. The molecule has 0 fully saturated rings. The molecular weight excluding hydrogens is 983 g/mol. The highest BCUT2D eigenvalue weighted by molar-refractivity contribution is 6.12. The fourth-order valence-corrected chi connectivity index (χ4v) is 11.4. The Morgan fingerprint density at radius 3 is 0.951 bits per heavy atom. The highest BCUT2D eigenvalue weighted by atomic mass is 15.1. The lowest BCUT2D eigenvalue weighted by Crippen LogP contribution is -2.09. The van der Waals surface area contributed by atoms with Gasteiger partial charge in [0.1, 0.15) is 0 Å². The third-order valence-corrected chi connectivity index (χ3v) is 15.2. The predicted molar refractivity (Wildman–Crippen MR) is 338 cm³/mol. The number of anilines is 6. The first-order valence-corrected chi connectivity index (χ1v) is 27.5. The van der Waals surface area contributed by atoms with Crippen LogP contribution in [0.15, 0.2) is 322 Å². The van der Waals surface area contributed by atoms with E-state index in [1.807, 2.05) is 24.3 Å². The van der Waals surface area contributed by atoms with Crippen LogP contribution in [0, 0.1) is 0 Å². The Morgan fingerprint density at radius 2 is 0.568 bits per heavy atom. The molecule has 0 saturated heterocycles. The molecule has 5 heteroatoms. The van der Waals surface area contributed by atoms with Crippen LogP contribution in [0.5, 0.6) is 0 Å². The molecule has 14 rings (SSSR count). The molecular formula is C76H53N5. The van der Waals surface area contributed by atoms with E-state index in [1.54, 1.807) is 0 Å². The summed E-state index contributed by atoms with van der Waals surface area (Å²) >= 11 is 0. The summed E-state index contributed by atoms with van der Waals surface area (Å²) in [6, 6.07) is 115. The molecule has 0 aliphatic rings. The van der Waals surface area contributed by atoms with Gasteiger partial charge in [0, 0.05) is 67.3 Å². The van der Waals surface area contributed by atoms with Gasteiger partial charge >= 0.3 is 0 Å². The minimum atomic E-state index is 0.691. The maximum absolute atomic E-state index is 5.19. The largest absolute Gasteiger partial charge is 0.310 e. The van der Waals surface area contributed by atoms with Crippen LogP contribution >= 0.6 is 0 Å². The lowest BCUT2D eigenvalue weighted by Gasteiger charge is -2.26. The summed E-state index contributed by atoms with van der Waals surface area (Å²) in [5.41, 5.74) is 21.2. The van der Waals surface area contributed by atoms with Crippen LogP contribution in [0.2, 0.25) is 0 Å². The molecule has 0 radical (unpaired) electrons. The second kappa shape index (κ2) is 21.5. The molecule has 12 aromatic carbocycles. The Labute approximate surface area is 472 Å². The molecule has 0 unspecified atom stereocenters. The predicted octanol–water partition coefficient (Wildman–Crippen LogP) is 20.5. The molecule has 0 bridgehead atoms. The van der Waals surface area contributed by atoms with Gasteiger partial charge in [-0.2, -0.15) is 0 Å². The molecule has 0 amide bonds. The lowest BCUT2D eigenvalue weighted by atomic mass is 9.86. The average molecular weight is 1040 g/mol. The molecule has 2 aromatic heterocycles. The third kappa shape index (κ3) is 9.49. The van der Waals surface area contributed by atoms with Crippen LogP contribution < -0.4 is 9.80 Å². The molecule has 81 heavy (non-hydrogen) atoms. The summed E-state index contributed by atoms with van der Waals surface area (Å²) < 4.78 is 2.47. The van der Waals surface area contributed by atoms with Crippen molar-refractivity contribution < 1.29 is 0 Å². The van der Waals surface area contributed by atoms with E-state index >= 15 is 0 Å². The summed E-state index contributed by atoms with van der Waals surface area (Å²) in [5.74, 6) is 0.691. The number of nitrogens with zero attached hydrogens (tertiary/aromatic N) is 5. The number of fused-ring (bicyclic) bond motifs is 3. The topological polar surface area (TPSA) is 37.2 Å². The first-order chi connectivity index (χ1) is 40.2. The van der Waals surface area contributed by atoms with E-state index in [9.17, 15) is 0 Å². The zero-order chi connectivity index (χ0) is 53.9. The van der Waals surface area contributed by atoms with Crippen molar-refractivity contribution >= 4 is 55.9 Å². The third-order valence-electron chi connectivity index (χ3n) is 15.2. The summed E-state index contributed by atoms with van der Waals surface area (Å²) in [4.78, 5) is 15.0. The van der Waals surface area contributed by atoms with E-state index in [4.69, 9.17) is 9.97 Å². The van der Waals surface area contributed by atoms with Crippen molar-refractivity contribution in [3.05, 3.63) is 322 Å². The summed E-state index contributed by atoms with van der Waals surface area (Å²) in [6.45, 7) is 0. The highest BCUT2D eigenvalue weighted by Gasteiger charge is 2.23. The summed E-state index contributed by atoms with van der Waals surface area (Å²) in [7, 11) is 0. The molecule has 14 aromatic rings. The van der Waals surface area contributed by atoms with Gasteiger partial charge in [-0.05, 0) is 137 Å².